The van der Waals surface area contributed by atoms with E-state index in [2.05, 4.69) is 40.0 Å². The van der Waals surface area contributed by atoms with Crippen LogP contribution in [0.15, 0.2) is 53.7 Å². The van der Waals surface area contributed by atoms with Gasteiger partial charge in [0.25, 0.3) is 0 Å². The van der Waals surface area contributed by atoms with Crippen LogP contribution in [0.1, 0.15) is 37.9 Å². The van der Waals surface area contributed by atoms with Crippen molar-refractivity contribution in [1.29, 1.82) is 0 Å². The average molecular weight is 425 g/mol. The molecule has 0 spiro atoms. The predicted molar refractivity (Wildman–Crippen MR) is 121 cm³/mol. The second-order valence-electron chi connectivity index (χ2n) is 6.95. The van der Waals surface area contributed by atoms with Crippen molar-refractivity contribution in [2.75, 3.05) is 12.4 Å². The van der Waals surface area contributed by atoms with E-state index in [0.717, 1.165) is 40.0 Å². The molecule has 3 aromatic rings. The monoisotopic (exact) mass is 424 g/mol. The minimum atomic E-state index is -0.0830. The van der Waals surface area contributed by atoms with E-state index in [0.29, 0.717) is 6.61 Å². The van der Waals surface area contributed by atoms with Crippen LogP contribution in [0.4, 0.5) is 0 Å². The zero-order valence-electron chi connectivity index (χ0n) is 17.9. The first-order valence-corrected chi connectivity index (χ1v) is 11.2. The van der Waals surface area contributed by atoms with Crippen LogP contribution >= 0.6 is 11.8 Å². The molecule has 1 atom stereocenters. The van der Waals surface area contributed by atoms with E-state index in [-0.39, 0.29) is 17.7 Å². The van der Waals surface area contributed by atoms with Crippen LogP contribution < -0.4 is 10.1 Å². The molecule has 0 saturated heterocycles. The van der Waals surface area contributed by atoms with Gasteiger partial charge >= 0.3 is 0 Å². The molecule has 1 heterocycles. The molecule has 0 radical (unpaired) electrons. The second kappa shape index (κ2) is 10.3. The lowest BCUT2D eigenvalue weighted by Crippen LogP contribution is -2.28. The molecule has 158 valence electrons. The number of aromatic nitrogens is 3. The zero-order chi connectivity index (χ0) is 21.5. The summed E-state index contributed by atoms with van der Waals surface area (Å²) in [6, 6.07) is 15.8. The summed E-state index contributed by atoms with van der Waals surface area (Å²) in [6.45, 7) is 9.43. The number of benzene rings is 2. The highest BCUT2D eigenvalue weighted by Crippen LogP contribution is 2.26. The molecule has 2 aromatic carbocycles. The second-order valence-corrected chi connectivity index (χ2v) is 7.89. The lowest BCUT2D eigenvalue weighted by atomic mass is 10.1. The molecule has 30 heavy (non-hydrogen) atoms. The van der Waals surface area contributed by atoms with E-state index in [1.807, 2.05) is 56.3 Å². The number of aryl methyl sites for hydroxylation is 1. The number of hydrogen-bond acceptors (Lipinski definition) is 5. The van der Waals surface area contributed by atoms with Crippen LogP contribution in [0.2, 0.25) is 0 Å². The van der Waals surface area contributed by atoms with Gasteiger partial charge in [0, 0.05) is 12.1 Å². The number of rotatable bonds is 9. The summed E-state index contributed by atoms with van der Waals surface area (Å²) in [5.41, 5.74) is 3.25. The Kier molecular flexibility index (Phi) is 7.52. The van der Waals surface area contributed by atoms with Gasteiger partial charge in [0.15, 0.2) is 11.0 Å². The van der Waals surface area contributed by atoms with Crippen molar-refractivity contribution in [3.05, 3.63) is 59.7 Å². The van der Waals surface area contributed by atoms with Gasteiger partial charge in [-0.2, -0.15) is 0 Å². The summed E-state index contributed by atoms with van der Waals surface area (Å²) in [4.78, 5) is 12.5. The Bertz CT molecular complexity index is 985. The molecule has 1 amide bonds. The van der Waals surface area contributed by atoms with Crippen molar-refractivity contribution in [2.24, 2.45) is 0 Å². The van der Waals surface area contributed by atoms with Crippen molar-refractivity contribution >= 4 is 17.7 Å². The van der Waals surface area contributed by atoms with E-state index < -0.39 is 0 Å². The highest BCUT2D eigenvalue weighted by Gasteiger charge is 2.16. The molecule has 7 heteroatoms. The Morgan fingerprint density at radius 2 is 1.87 bits per heavy atom. The first kappa shape index (κ1) is 21.9. The number of nitrogens with one attached hydrogen (secondary N) is 1. The quantitative estimate of drug-likeness (QED) is 0.507. The molecule has 0 aliphatic rings. The maximum Gasteiger partial charge on any atom is 0.230 e. The summed E-state index contributed by atoms with van der Waals surface area (Å²) < 4.78 is 7.52. The molecular weight excluding hydrogens is 396 g/mol. The van der Waals surface area contributed by atoms with E-state index in [1.165, 1.54) is 11.8 Å². The van der Waals surface area contributed by atoms with E-state index in [9.17, 15) is 4.79 Å². The Morgan fingerprint density at radius 1 is 1.13 bits per heavy atom. The molecule has 0 saturated carbocycles. The number of amides is 1. The molecule has 1 N–H and O–H groups in total. The minimum Gasteiger partial charge on any atom is -0.494 e. The van der Waals surface area contributed by atoms with E-state index in [4.69, 9.17) is 4.74 Å². The summed E-state index contributed by atoms with van der Waals surface area (Å²) in [5, 5.41) is 12.5. The van der Waals surface area contributed by atoms with Crippen molar-refractivity contribution in [3.63, 3.8) is 0 Å². The minimum absolute atomic E-state index is 0.0375. The third-order valence-corrected chi connectivity index (χ3v) is 5.79. The van der Waals surface area contributed by atoms with Gasteiger partial charge in [0.05, 0.1) is 18.4 Å². The fourth-order valence-electron chi connectivity index (χ4n) is 3.22. The van der Waals surface area contributed by atoms with Gasteiger partial charge in [0.1, 0.15) is 5.75 Å². The standard InChI is InChI=1S/C23H28N4O2S/c1-5-27-22(20-10-8-7-9-16(20)3)25-26-23(27)30-15-21(28)24-17(4)18-11-13-19(14-12-18)29-6-2/h7-14,17H,5-6,15H2,1-4H3,(H,24,28). The first-order valence-electron chi connectivity index (χ1n) is 10.2. The number of nitrogens with zero attached hydrogens (tertiary/aromatic N) is 3. The van der Waals surface area contributed by atoms with E-state index >= 15 is 0 Å². The highest BCUT2D eigenvalue weighted by atomic mass is 32.2. The Hall–Kier alpha value is -2.80. The molecule has 0 bridgehead atoms. The average Bonchev–Trinajstić information content (AvgIpc) is 3.16. The van der Waals surface area contributed by atoms with Gasteiger partial charge in [-0.25, -0.2) is 0 Å². The normalized spacial score (nSPS) is 11.9. The molecule has 0 aliphatic heterocycles. The Labute approximate surface area is 182 Å². The fraction of sp³-hybridized carbons (Fsp3) is 0.348. The van der Waals surface area contributed by atoms with Gasteiger partial charge in [-0.15, -0.1) is 10.2 Å². The van der Waals surface area contributed by atoms with Crippen molar-refractivity contribution in [1.82, 2.24) is 20.1 Å². The SMILES string of the molecule is CCOc1ccc(C(C)NC(=O)CSc2nnc(-c3ccccc3C)n2CC)cc1. The highest BCUT2D eigenvalue weighted by molar-refractivity contribution is 7.99. The summed E-state index contributed by atoms with van der Waals surface area (Å²) >= 11 is 1.40. The molecule has 0 aliphatic carbocycles. The molecule has 3 rings (SSSR count). The summed E-state index contributed by atoms with van der Waals surface area (Å²) in [7, 11) is 0. The third-order valence-electron chi connectivity index (χ3n) is 4.82. The van der Waals surface area contributed by atoms with E-state index in [1.54, 1.807) is 0 Å². The van der Waals surface area contributed by atoms with Crippen molar-refractivity contribution in [3.8, 4) is 17.1 Å². The first-order chi connectivity index (χ1) is 14.5. The number of carbonyl (C=O) groups excluding carboxylic acids is 1. The Morgan fingerprint density at radius 3 is 2.53 bits per heavy atom. The zero-order valence-corrected chi connectivity index (χ0v) is 18.7. The lowest BCUT2D eigenvalue weighted by molar-refractivity contribution is -0.119. The molecule has 0 fully saturated rings. The van der Waals surface area contributed by atoms with Gasteiger partial charge < -0.3 is 14.6 Å². The van der Waals surface area contributed by atoms with Gasteiger partial charge in [-0.05, 0) is 51.0 Å². The van der Waals surface area contributed by atoms with Crippen LogP contribution in [-0.2, 0) is 11.3 Å². The van der Waals surface area contributed by atoms with Crippen LogP contribution in [0, 0.1) is 6.92 Å². The smallest absolute Gasteiger partial charge is 0.230 e. The largest absolute Gasteiger partial charge is 0.494 e. The van der Waals surface area contributed by atoms with Crippen LogP contribution in [0.3, 0.4) is 0 Å². The molecule has 6 nitrogen and oxygen atoms in total. The number of carbonyl (C=O) groups is 1. The van der Waals surface area contributed by atoms with Gasteiger partial charge in [-0.1, -0.05) is 48.2 Å². The molecule has 1 unspecified atom stereocenters. The number of hydrogen-bond donors (Lipinski definition) is 1. The topological polar surface area (TPSA) is 69.0 Å². The van der Waals surface area contributed by atoms with Crippen molar-refractivity contribution in [2.45, 2.75) is 45.4 Å². The summed E-state index contributed by atoms with van der Waals surface area (Å²) in [5.74, 6) is 1.91. The maximum absolute atomic E-state index is 12.5. The lowest BCUT2D eigenvalue weighted by Gasteiger charge is -2.15. The summed E-state index contributed by atoms with van der Waals surface area (Å²) in [6.07, 6.45) is 0. The van der Waals surface area contributed by atoms with Crippen LogP contribution in [0.5, 0.6) is 5.75 Å². The Balaban J connectivity index is 1.61. The third kappa shape index (κ3) is 5.21. The van der Waals surface area contributed by atoms with Crippen molar-refractivity contribution < 1.29 is 9.53 Å². The fourth-order valence-corrected chi connectivity index (χ4v) is 4.03. The van der Waals surface area contributed by atoms with Crippen LogP contribution in [0.25, 0.3) is 11.4 Å². The predicted octanol–water partition coefficient (Wildman–Crippen LogP) is 4.64. The van der Waals surface area contributed by atoms with Crippen LogP contribution in [-0.4, -0.2) is 33.0 Å². The van der Waals surface area contributed by atoms with Gasteiger partial charge in [0.2, 0.25) is 5.91 Å². The molecular formula is C23H28N4O2S. The van der Waals surface area contributed by atoms with Gasteiger partial charge in [-0.3, -0.25) is 4.79 Å². The number of thioether (sulfide) groups is 1. The maximum atomic E-state index is 12.5. The molecule has 1 aromatic heterocycles. The number of ether oxygens (including phenoxy) is 1.